The van der Waals surface area contributed by atoms with Crippen LogP contribution in [0.3, 0.4) is 0 Å². The number of aryl methyl sites for hydroxylation is 1. The summed E-state index contributed by atoms with van der Waals surface area (Å²) in [7, 11) is 0. The molecule has 1 aromatic rings. The van der Waals surface area contributed by atoms with Gasteiger partial charge >= 0.3 is 0 Å². The molecule has 0 unspecified atom stereocenters. The quantitative estimate of drug-likeness (QED) is 0.507. The van der Waals surface area contributed by atoms with Gasteiger partial charge in [0.1, 0.15) is 5.75 Å². The highest BCUT2D eigenvalue weighted by Crippen LogP contribution is 2.31. The Morgan fingerprint density at radius 1 is 1.24 bits per heavy atom. The molecule has 2 amide bonds. The molecule has 1 aromatic carbocycles. The third kappa shape index (κ3) is 6.11. The number of ether oxygens (including phenoxy) is 1. The maximum absolute atomic E-state index is 12.0. The van der Waals surface area contributed by atoms with Crippen LogP contribution in [0.5, 0.6) is 5.75 Å². The Labute approximate surface area is 164 Å². The second-order valence-electron chi connectivity index (χ2n) is 5.97. The molecule has 8 heteroatoms. The van der Waals surface area contributed by atoms with Gasteiger partial charge in [0.25, 0.3) is 5.91 Å². The number of carbonyl (C=O) groups excluding carboxylic acids is 2. The Kier molecular flexibility index (Phi) is 7.43. The third-order valence-corrected chi connectivity index (χ3v) is 5.28. The second-order valence-corrected chi connectivity index (χ2v) is 7.68. The van der Waals surface area contributed by atoms with Gasteiger partial charge in [0.2, 0.25) is 5.91 Å². The molecule has 2 rings (SSSR count). The lowest BCUT2D eigenvalue weighted by atomic mass is 10.2. The van der Waals surface area contributed by atoms with E-state index in [-0.39, 0.29) is 24.8 Å². The van der Waals surface area contributed by atoms with Crippen LogP contribution in [-0.2, 0) is 9.59 Å². The van der Waals surface area contributed by atoms with Crippen molar-refractivity contribution in [2.45, 2.75) is 33.1 Å². The van der Waals surface area contributed by atoms with Crippen molar-refractivity contribution >= 4 is 49.4 Å². The maximum Gasteiger partial charge on any atom is 0.277 e. The molecular weight excluding hydrogens is 454 g/mol. The second kappa shape index (κ2) is 9.33. The first-order valence-electron chi connectivity index (χ1n) is 8.05. The van der Waals surface area contributed by atoms with Crippen LogP contribution in [0, 0.1) is 6.92 Å². The van der Waals surface area contributed by atoms with Gasteiger partial charge in [-0.3, -0.25) is 9.59 Å². The third-order valence-electron chi connectivity index (χ3n) is 3.81. The number of amides is 2. The topological polar surface area (TPSA) is 71.0 Å². The van der Waals surface area contributed by atoms with Crippen molar-refractivity contribution in [2.75, 3.05) is 19.7 Å². The average Bonchev–Trinajstić information content (AvgIpc) is 3.09. The van der Waals surface area contributed by atoms with E-state index in [2.05, 4.69) is 42.4 Å². The van der Waals surface area contributed by atoms with Gasteiger partial charge in [-0.2, -0.15) is 5.10 Å². The van der Waals surface area contributed by atoms with Crippen molar-refractivity contribution in [2.24, 2.45) is 5.10 Å². The number of nitrogens with zero attached hydrogens (tertiary/aromatic N) is 2. The Morgan fingerprint density at radius 3 is 2.60 bits per heavy atom. The van der Waals surface area contributed by atoms with Gasteiger partial charge in [-0.05, 0) is 60.3 Å². The highest BCUT2D eigenvalue weighted by atomic mass is 79.9. The number of rotatable bonds is 6. The van der Waals surface area contributed by atoms with E-state index in [1.807, 2.05) is 24.0 Å². The number of halogens is 2. The van der Waals surface area contributed by atoms with E-state index in [0.717, 1.165) is 40.4 Å². The van der Waals surface area contributed by atoms with Gasteiger partial charge in [0, 0.05) is 23.3 Å². The number of nitrogens with one attached hydrogen (secondary N) is 1. The maximum atomic E-state index is 12.0. The normalized spacial score (nSPS) is 14.6. The molecular formula is C17H21Br2N3O3. The molecule has 0 spiro atoms. The smallest absolute Gasteiger partial charge is 0.277 e. The first-order chi connectivity index (χ1) is 11.9. The lowest BCUT2D eigenvalue weighted by Gasteiger charge is -2.14. The number of benzene rings is 1. The summed E-state index contributed by atoms with van der Waals surface area (Å²) in [4.78, 5) is 25.7. The van der Waals surface area contributed by atoms with E-state index in [9.17, 15) is 9.59 Å². The zero-order chi connectivity index (χ0) is 18.4. The molecule has 1 aliphatic rings. The molecule has 6 nitrogen and oxygen atoms in total. The van der Waals surface area contributed by atoms with Crippen molar-refractivity contribution in [3.63, 3.8) is 0 Å². The van der Waals surface area contributed by atoms with Crippen LogP contribution in [0.25, 0.3) is 0 Å². The van der Waals surface area contributed by atoms with Crippen LogP contribution in [0.2, 0.25) is 0 Å². The molecule has 0 aromatic heterocycles. The first kappa shape index (κ1) is 19.9. The monoisotopic (exact) mass is 473 g/mol. The Bertz CT molecular complexity index is 686. The molecule has 0 aliphatic carbocycles. The summed E-state index contributed by atoms with van der Waals surface area (Å²) in [5.74, 6) is 0.264. The van der Waals surface area contributed by atoms with Crippen LogP contribution < -0.4 is 10.2 Å². The fraction of sp³-hybridized carbons (Fsp3) is 0.471. The Morgan fingerprint density at radius 2 is 1.92 bits per heavy atom. The van der Waals surface area contributed by atoms with Crippen LogP contribution in [0.15, 0.2) is 26.2 Å². The zero-order valence-electron chi connectivity index (χ0n) is 14.3. The van der Waals surface area contributed by atoms with Crippen molar-refractivity contribution in [3.8, 4) is 5.75 Å². The molecule has 25 heavy (non-hydrogen) atoms. The largest absolute Gasteiger partial charge is 0.483 e. The summed E-state index contributed by atoms with van der Waals surface area (Å²) in [6, 6.07) is 3.71. The molecule has 0 radical (unpaired) electrons. The highest BCUT2D eigenvalue weighted by molar-refractivity contribution is 9.11. The van der Waals surface area contributed by atoms with Crippen LogP contribution >= 0.6 is 31.9 Å². The Balaban J connectivity index is 1.79. The molecule has 136 valence electrons. The molecule has 1 fully saturated rings. The number of hydrogen-bond donors (Lipinski definition) is 1. The minimum atomic E-state index is -0.375. The first-order valence-corrected chi connectivity index (χ1v) is 9.63. The minimum absolute atomic E-state index is 0.0542. The van der Waals surface area contributed by atoms with E-state index >= 15 is 0 Å². The standard InChI is InChI=1S/C17H21Br2N3O3/c1-11-7-15(14(19)9-13(11)18)25-10-16(23)21-20-12(2)8-17(24)22-5-3-4-6-22/h7,9H,3-6,8,10H2,1-2H3,(H,21,23)/b20-12-. The molecule has 0 bridgehead atoms. The summed E-state index contributed by atoms with van der Waals surface area (Å²) in [5.41, 5.74) is 4.01. The van der Waals surface area contributed by atoms with Gasteiger partial charge in [0.05, 0.1) is 10.9 Å². The van der Waals surface area contributed by atoms with Gasteiger partial charge in [-0.25, -0.2) is 5.43 Å². The molecule has 1 N–H and O–H groups in total. The lowest BCUT2D eigenvalue weighted by Crippen LogP contribution is -2.30. The van der Waals surface area contributed by atoms with Crippen molar-refractivity contribution in [1.29, 1.82) is 0 Å². The van der Waals surface area contributed by atoms with Gasteiger partial charge in [-0.1, -0.05) is 15.9 Å². The number of hydrazone groups is 1. The summed E-state index contributed by atoms with van der Waals surface area (Å²) >= 11 is 6.83. The predicted molar refractivity (Wildman–Crippen MR) is 104 cm³/mol. The van der Waals surface area contributed by atoms with Crippen LogP contribution in [0.4, 0.5) is 0 Å². The summed E-state index contributed by atoms with van der Waals surface area (Å²) in [6.45, 7) is 5.14. The van der Waals surface area contributed by atoms with Crippen molar-refractivity contribution in [1.82, 2.24) is 10.3 Å². The van der Waals surface area contributed by atoms with E-state index in [1.165, 1.54) is 0 Å². The van der Waals surface area contributed by atoms with E-state index < -0.39 is 0 Å². The SMILES string of the molecule is C/C(CC(=O)N1CCCC1)=N/NC(=O)COc1cc(C)c(Br)cc1Br. The number of hydrogen-bond acceptors (Lipinski definition) is 4. The minimum Gasteiger partial charge on any atom is -0.483 e. The van der Waals surface area contributed by atoms with Crippen molar-refractivity contribution < 1.29 is 14.3 Å². The highest BCUT2D eigenvalue weighted by Gasteiger charge is 2.18. The summed E-state index contributed by atoms with van der Waals surface area (Å²) < 4.78 is 7.22. The van der Waals surface area contributed by atoms with Crippen LogP contribution in [0.1, 0.15) is 31.7 Å². The summed E-state index contributed by atoms with van der Waals surface area (Å²) in [6.07, 6.45) is 2.33. The molecule has 1 aliphatic heterocycles. The van der Waals surface area contributed by atoms with Gasteiger partial charge < -0.3 is 9.64 Å². The van der Waals surface area contributed by atoms with Crippen LogP contribution in [-0.4, -0.2) is 42.1 Å². The lowest BCUT2D eigenvalue weighted by molar-refractivity contribution is -0.129. The molecule has 0 atom stereocenters. The molecule has 0 saturated carbocycles. The molecule has 1 heterocycles. The fourth-order valence-corrected chi connectivity index (χ4v) is 3.52. The Hall–Kier alpha value is -1.41. The summed E-state index contributed by atoms with van der Waals surface area (Å²) in [5, 5.41) is 3.97. The fourth-order valence-electron chi connectivity index (χ4n) is 2.41. The van der Waals surface area contributed by atoms with Crippen molar-refractivity contribution in [3.05, 3.63) is 26.6 Å². The van der Waals surface area contributed by atoms with E-state index in [0.29, 0.717) is 11.5 Å². The van der Waals surface area contributed by atoms with E-state index in [4.69, 9.17) is 4.74 Å². The zero-order valence-corrected chi connectivity index (χ0v) is 17.4. The van der Waals surface area contributed by atoms with E-state index in [1.54, 1.807) is 6.92 Å². The number of likely N-dealkylation sites (tertiary alicyclic amines) is 1. The van der Waals surface area contributed by atoms with Gasteiger partial charge in [-0.15, -0.1) is 0 Å². The van der Waals surface area contributed by atoms with Gasteiger partial charge in [0.15, 0.2) is 6.61 Å². The molecule has 1 saturated heterocycles. The number of carbonyl (C=O) groups is 2. The predicted octanol–water partition coefficient (Wildman–Crippen LogP) is 3.40. The average molecular weight is 475 g/mol.